The highest BCUT2D eigenvalue weighted by atomic mass is 35.5. The topological polar surface area (TPSA) is 209 Å². The van der Waals surface area contributed by atoms with Gasteiger partial charge in [0, 0.05) is 5.69 Å². The monoisotopic (exact) mass is 622 g/mol. The summed E-state index contributed by atoms with van der Waals surface area (Å²) in [5, 5.41) is 18.6. The maximum Gasteiger partial charge on any atom is 0.296 e. The molecule has 4 rings (SSSR count). The maximum atomic E-state index is 12.0. The third-order valence-electron chi connectivity index (χ3n) is 4.94. The molecule has 0 aliphatic rings. The van der Waals surface area contributed by atoms with E-state index in [-0.39, 0.29) is 38.5 Å². The standard InChI is InChI=1S/C22H16Cl2N8O6S2/c1-12-10-14(25-22-27-20(23)26-21(24)28-22)4-8-17(12)31-32-18-9-5-15(11-19(18)40(36,37)38)30-29-13-2-6-16(7-3-13)39(33,34)35/h2-11H,1H3,(H,33,34,35)(H,36,37,38)(H,25,26,27,28). The Hall–Kier alpha value is -3.93. The highest BCUT2D eigenvalue weighted by Gasteiger charge is 2.17. The van der Waals surface area contributed by atoms with Gasteiger partial charge >= 0.3 is 0 Å². The molecule has 206 valence electrons. The number of nitrogens with zero attached hydrogens (tertiary/aromatic N) is 7. The van der Waals surface area contributed by atoms with Crippen LogP contribution in [0.5, 0.6) is 0 Å². The van der Waals surface area contributed by atoms with E-state index in [4.69, 9.17) is 27.8 Å². The summed E-state index contributed by atoms with van der Waals surface area (Å²) in [4.78, 5) is 10.6. The summed E-state index contributed by atoms with van der Waals surface area (Å²) in [5.74, 6) is 0.129. The van der Waals surface area contributed by atoms with E-state index in [1.54, 1.807) is 25.1 Å². The minimum Gasteiger partial charge on any atom is -0.324 e. The molecule has 0 bridgehead atoms. The van der Waals surface area contributed by atoms with Crippen LogP contribution in [0.15, 0.2) is 90.9 Å². The Balaban J connectivity index is 1.56. The number of halogens is 2. The number of nitrogens with one attached hydrogen (secondary N) is 1. The van der Waals surface area contributed by atoms with Crippen LogP contribution in [-0.2, 0) is 20.2 Å². The first-order valence-corrected chi connectivity index (χ1v) is 14.4. The van der Waals surface area contributed by atoms with Gasteiger partial charge < -0.3 is 5.32 Å². The van der Waals surface area contributed by atoms with E-state index in [1.165, 1.54) is 24.3 Å². The predicted molar refractivity (Wildman–Crippen MR) is 145 cm³/mol. The summed E-state index contributed by atoms with van der Waals surface area (Å²) in [5.41, 5.74) is 1.75. The van der Waals surface area contributed by atoms with Gasteiger partial charge in [-0.25, -0.2) is 0 Å². The van der Waals surface area contributed by atoms with E-state index in [2.05, 4.69) is 40.7 Å². The second-order valence-corrected chi connectivity index (χ2v) is 11.3. The van der Waals surface area contributed by atoms with E-state index in [1.807, 2.05) is 0 Å². The SMILES string of the molecule is Cc1cc(Nc2nc(Cl)nc(Cl)n2)ccc1N=Nc1ccc(N=Nc2ccc(S(=O)(=O)O)cc2)cc1S(=O)(=O)O. The first kappa shape index (κ1) is 29.1. The maximum absolute atomic E-state index is 12.0. The van der Waals surface area contributed by atoms with Crippen LogP contribution in [0.1, 0.15) is 5.56 Å². The van der Waals surface area contributed by atoms with Crippen molar-refractivity contribution in [3.63, 3.8) is 0 Å². The van der Waals surface area contributed by atoms with Gasteiger partial charge in [-0.3, -0.25) is 9.11 Å². The lowest BCUT2D eigenvalue weighted by atomic mass is 10.2. The van der Waals surface area contributed by atoms with Crippen LogP contribution < -0.4 is 5.32 Å². The van der Waals surface area contributed by atoms with Gasteiger partial charge in [0.1, 0.15) is 10.6 Å². The van der Waals surface area contributed by atoms with Crippen LogP contribution in [0.3, 0.4) is 0 Å². The van der Waals surface area contributed by atoms with Crippen molar-refractivity contribution in [3.05, 3.63) is 76.8 Å². The van der Waals surface area contributed by atoms with Crippen molar-refractivity contribution in [1.82, 2.24) is 15.0 Å². The van der Waals surface area contributed by atoms with Gasteiger partial charge in [-0.05, 0) is 96.4 Å². The summed E-state index contributed by atoms with van der Waals surface area (Å²) >= 11 is 11.6. The molecule has 0 unspecified atom stereocenters. The van der Waals surface area contributed by atoms with E-state index >= 15 is 0 Å². The van der Waals surface area contributed by atoms with Crippen LogP contribution in [0, 0.1) is 6.92 Å². The summed E-state index contributed by atoms with van der Waals surface area (Å²) in [6.07, 6.45) is 0. The van der Waals surface area contributed by atoms with Crippen molar-refractivity contribution in [2.75, 3.05) is 5.32 Å². The van der Waals surface area contributed by atoms with Crippen LogP contribution in [0.2, 0.25) is 10.6 Å². The molecule has 0 atom stereocenters. The van der Waals surface area contributed by atoms with Crippen molar-refractivity contribution in [1.29, 1.82) is 0 Å². The number of anilines is 2. The molecule has 0 saturated heterocycles. The molecule has 14 nitrogen and oxygen atoms in total. The first-order chi connectivity index (χ1) is 18.8. The molecule has 0 amide bonds. The van der Waals surface area contributed by atoms with Gasteiger partial charge in [0.05, 0.1) is 22.0 Å². The van der Waals surface area contributed by atoms with Crippen LogP contribution in [0.25, 0.3) is 0 Å². The first-order valence-electron chi connectivity index (χ1n) is 10.8. The molecule has 0 fully saturated rings. The number of hydrogen-bond donors (Lipinski definition) is 3. The number of benzene rings is 3. The molecular formula is C22H16Cl2N8O6S2. The van der Waals surface area contributed by atoms with Gasteiger partial charge in [0.25, 0.3) is 20.2 Å². The lowest BCUT2D eigenvalue weighted by Crippen LogP contribution is -1.99. The average Bonchev–Trinajstić information content (AvgIpc) is 2.86. The summed E-state index contributed by atoms with van der Waals surface area (Å²) in [6, 6.07) is 13.5. The number of aromatic nitrogens is 3. The number of azo groups is 2. The van der Waals surface area contributed by atoms with Crippen molar-refractivity contribution in [2.24, 2.45) is 20.5 Å². The van der Waals surface area contributed by atoms with E-state index in [0.717, 1.165) is 18.2 Å². The van der Waals surface area contributed by atoms with Crippen molar-refractivity contribution in [2.45, 2.75) is 16.7 Å². The largest absolute Gasteiger partial charge is 0.324 e. The number of hydrogen-bond acceptors (Lipinski definition) is 12. The van der Waals surface area contributed by atoms with Crippen LogP contribution >= 0.6 is 23.2 Å². The van der Waals surface area contributed by atoms with Gasteiger partial charge in [-0.1, -0.05) is 0 Å². The lowest BCUT2D eigenvalue weighted by Gasteiger charge is -2.07. The van der Waals surface area contributed by atoms with E-state index < -0.39 is 25.1 Å². The molecule has 40 heavy (non-hydrogen) atoms. The fourth-order valence-electron chi connectivity index (χ4n) is 3.12. The molecule has 18 heteroatoms. The van der Waals surface area contributed by atoms with Crippen molar-refractivity contribution < 1.29 is 25.9 Å². The Labute approximate surface area is 237 Å². The molecule has 0 aliphatic heterocycles. The fourth-order valence-corrected chi connectivity index (χ4v) is 4.60. The second-order valence-electron chi connectivity index (χ2n) is 7.82. The molecule has 4 aromatic rings. The molecular weight excluding hydrogens is 607 g/mol. The van der Waals surface area contributed by atoms with Crippen molar-refractivity contribution in [3.8, 4) is 0 Å². The van der Waals surface area contributed by atoms with Gasteiger partial charge in [-0.2, -0.15) is 47.1 Å². The molecule has 3 N–H and O–H groups in total. The van der Waals surface area contributed by atoms with Gasteiger partial charge in [-0.15, -0.1) is 5.11 Å². The Kier molecular flexibility index (Phi) is 8.48. The Bertz CT molecular complexity index is 1850. The van der Waals surface area contributed by atoms with Crippen molar-refractivity contribution >= 4 is 77.8 Å². The molecule has 0 saturated carbocycles. The molecule has 0 spiro atoms. The van der Waals surface area contributed by atoms with E-state index in [0.29, 0.717) is 16.9 Å². The normalized spacial score (nSPS) is 12.3. The quantitative estimate of drug-likeness (QED) is 0.142. The minimum absolute atomic E-state index is 0.0515. The molecule has 1 heterocycles. The number of aryl methyl sites for hydroxylation is 1. The average molecular weight is 623 g/mol. The minimum atomic E-state index is -4.72. The Morgan fingerprint density at radius 3 is 1.88 bits per heavy atom. The fraction of sp³-hybridized carbons (Fsp3) is 0.0455. The smallest absolute Gasteiger partial charge is 0.296 e. The number of rotatable bonds is 8. The van der Waals surface area contributed by atoms with Crippen LogP contribution in [0.4, 0.5) is 34.4 Å². The molecule has 3 aromatic carbocycles. The van der Waals surface area contributed by atoms with Gasteiger partial charge in [0.2, 0.25) is 16.5 Å². The zero-order chi connectivity index (χ0) is 29.1. The van der Waals surface area contributed by atoms with E-state index in [9.17, 15) is 21.4 Å². The highest BCUT2D eigenvalue weighted by Crippen LogP contribution is 2.32. The summed E-state index contributed by atoms with van der Waals surface area (Å²) < 4.78 is 65.1. The summed E-state index contributed by atoms with van der Waals surface area (Å²) in [6.45, 7) is 1.74. The third kappa shape index (κ3) is 7.59. The second kappa shape index (κ2) is 11.7. The zero-order valence-electron chi connectivity index (χ0n) is 20.0. The third-order valence-corrected chi connectivity index (χ3v) is 7.02. The molecule has 1 aromatic heterocycles. The predicted octanol–water partition coefficient (Wildman–Crippen LogP) is 6.55. The van der Waals surface area contributed by atoms with Gasteiger partial charge in [0.15, 0.2) is 0 Å². The molecule has 0 aliphatic carbocycles. The van der Waals surface area contributed by atoms with Crippen LogP contribution in [-0.4, -0.2) is 40.9 Å². The lowest BCUT2D eigenvalue weighted by molar-refractivity contribution is 0.481. The zero-order valence-corrected chi connectivity index (χ0v) is 23.1. The summed E-state index contributed by atoms with van der Waals surface area (Å²) in [7, 11) is -9.09. The molecule has 0 radical (unpaired) electrons. The Morgan fingerprint density at radius 2 is 1.27 bits per heavy atom. The Morgan fingerprint density at radius 1 is 0.700 bits per heavy atom. The highest BCUT2D eigenvalue weighted by molar-refractivity contribution is 7.86.